The van der Waals surface area contributed by atoms with Gasteiger partial charge in [-0.3, -0.25) is 14.5 Å². The van der Waals surface area contributed by atoms with E-state index in [2.05, 4.69) is 10.1 Å². The summed E-state index contributed by atoms with van der Waals surface area (Å²) in [6, 6.07) is 15.1. The molecule has 2 aliphatic heterocycles. The second-order valence-corrected chi connectivity index (χ2v) is 11.3. The molecule has 1 saturated heterocycles. The van der Waals surface area contributed by atoms with Gasteiger partial charge in [0.15, 0.2) is 11.6 Å². The Balaban J connectivity index is 1.27. The summed E-state index contributed by atoms with van der Waals surface area (Å²) in [5.41, 5.74) is 3.14. The molecule has 0 amide bonds. The Morgan fingerprint density at radius 2 is 1.66 bits per heavy atom. The molecule has 8 heteroatoms. The first-order chi connectivity index (χ1) is 19.8. The van der Waals surface area contributed by atoms with E-state index >= 15 is 0 Å². The van der Waals surface area contributed by atoms with E-state index in [1.165, 1.54) is 0 Å². The Morgan fingerprint density at radius 1 is 0.951 bits per heavy atom. The highest BCUT2D eigenvalue weighted by molar-refractivity contribution is 6.27. The number of Topliss-reactive ketones (excluding diaryl/α,β-unsaturated/α-hetero) is 2. The molecule has 2 aromatic carbocycles. The highest BCUT2D eigenvalue weighted by Gasteiger charge is 2.34. The van der Waals surface area contributed by atoms with Crippen molar-refractivity contribution in [2.45, 2.75) is 64.6 Å². The van der Waals surface area contributed by atoms with E-state index in [1.54, 1.807) is 19.1 Å². The third kappa shape index (κ3) is 7.05. The van der Waals surface area contributed by atoms with E-state index in [4.69, 9.17) is 19.0 Å². The summed E-state index contributed by atoms with van der Waals surface area (Å²) in [4.78, 5) is 34.7. The van der Waals surface area contributed by atoms with Gasteiger partial charge < -0.3 is 19.0 Å². The van der Waals surface area contributed by atoms with Crippen molar-refractivity contribution in [1.29, 1.82) is 0 Å². The van der Waals surface area contributed by atoms with E-state index in [9.17, 15) is 9.59 Å². The Hall–Kier alpha value is -3.49. The first-order valence-corrected chi connectivity index (χ1v) is 14.7. The fourth-order valence-corrected chi connectivity index (χ4v) is 5.71. The van der Waals surface area contributed by atoms with Gasteiger partial charge in [-0.15, -0.1) is 0 Å². The third-order valence-electron chi connectivity index (χ3n) is 7.93. The lowest BCUT2D eigenvalue weighted by atomic mass is 9.75. The van der Waals surface area contributed by atoms with Gasteiger partial charge in [-0.25, -0.2) is 0 Å². The molecule has 3 aliphatic rings. The van der Waals surface area contributed by atoms with E-state index < -0.39 is 5.79 Å². The van der Waals surface area contributed by atoms with Crippen molar-refractivity contribution in [1.82, 2.24) is 4.90 Å². The minimum atomic E-state index is -0.701. The van der Waals surface area contributed by atoms with Gasteiger partial charge in [0.1, 0.15) is 12.4 Å². The molecular weight excluding hydrogens is 520 g/mol. The Bertz CT molecular complexity index is 1310. The van der Waals surface area contributed by atoms with Crippen LogP contribution in [0.2, 0.25) is 0 Å². The van der Waals surface area contributed by atoms with Gasteiger partial charge in [-0.05, 0) is 42.6 Å². The largest absolute Gasteiger partial charge is 0.492 e. The summed E-state index contributed by atoms with van der Waals surface area (Å²) in [6.07, 6.45) is 4.18. The minimum Gasteiger partial charge on any atom is -0.492 e. The Kier molecular flexibility index (Phi) is 9.20. The SMILES string of the molecule is CC1=C(C(CCCCCC2=NOC(C)(C)O2)c2ccc(OCCN3CCOCC3)cc2)C(=O)c2ccccc2C1=O. The molecule has 1 atom stereocenters. The average Bonchev–Trinajstić information content (AvgIpc) is 3.34. The molecule has 41 heavy (non-hydrogen) atoms. The van der Waals surface area contributed by atoms with Crippen LogP contribution in [0, 0.1) is 0 Å². The number of allylic oxidation sites excluding steroid dienone is 2. The van der Waals surface area contributed by atoms with Crippen molar-refractivity contribution in [3.05, 3.63) is 76.4 Å². The van der Waals surface area contributed by atoms with Gasteiger partial charge in [0, 0.05) is 68.1 Å². The number of fused-ring (bicyclic) bond motifs is 1. The summed E-state index contributed by atoms with van der Waals surface area (Å²) in [5.74, 6) is 0.408. The fourth-order valence-electron chi connectivity index (χ4n) is 5.71. The third-order valence-corrected chi connectivity index (χ3v) is 7.93. The molecular formula is C33H40N2O6. The smallest absolute Gasteiger partial charge is 0.271 e. The number of carbonyl (C=O) groups is 2. The predicted molar refractivity (Wildman–Crippen MR) is 157 cm³/mol. The van der Waals surface area contributed by atoms with Crippen LogP contribution >= 0.6 is 0 Å². The molecule has 1 fully saturated rings. The zero-order valence-electron chi connectivity index (χ0n) is 24.3. The summed E-state index contributed by atoms with van der Waals surface area (Å²) in [7, 11) is 0. The molecule has 0 saturated carbocycles. The molecule has 0 N–H and O–H groups in total. The average molecular weight is 561 g/mol. The quantitative estimate of drug-likeness (QED) is 0.298. The van der Waals surface area contributed by atoms with Gasteiger partial charge in [-0.1, -0.05) is 49.2 Å². The molecule has 1 aliphatic carbocycles. The molecule has 5 rings (SSSR count). The van der Waals surface area contributed by atoms with Crippen LogP contribution < -0.4 is 4.74 Å². The van der Waals surface area contributed by atoms with Crippen molar-refractivity contribution < 1.29 is 28.6 Å². The van der Waals surface area contributed by atoms with E-state index in [0.29, 0.717) is 41.2 Å². The van der Waals surface area contributed by atoms with Crippen LogP contribution in [-0.4, -0.2) is 67.6 Å². The number of rotatable bonds is 12. The first-order valence-electron chi connectivity index (χ1n) is 14.7. The fraction of sp³-hybridized carbons (Fsp3) is 0.485. The minimum absolute atomic E-state index is 0.0540. The molecule has 8 nitrogen and oxygen atoms in total. The molecule has 0 bridgehead atoms. The molecule has 0 aromatic heterocycles. The van der Waals surface area contributed by atoms with Crippen LogP contribution in [0.5, 0.6) is 5.75 Å². The second-order valence-electron chi connectivity index (χ2n) is 11.3. The highest BCUT2D eigenvalue weighted by Crippen LogP contribution is 2.39. The van der Waals surface area contributed by atoms with Crippen molar-refractivity contribution in [3.63, 3.8) is 0 Å². The number of morpholine rings is 1. The van der Waals surface area contributed by atoms with Crippen LogP contribution in [-0.2, 0) is 14.3 Å². The summed E-state index contributed by atoms with van der Waals surface area (Å²) < 4.78 is 17.1. The summed E-state index contributed by atoms with van der Waals surface area (Å²) in [6.45, 7) is 10.3. The van der Waals surface area contributed by atoms with Gasteiger partial charge in [0.05, 0.1) is 13.2 Å². The number of hydrogen-bond donors (Lipinski definition) is 0. The molecule has 0 radical (unpaired) electrons. The summed E-state index contributed by atoms with van der Waals surface area (Å²) in [5, 5.41) is 4.03. The zero-order chi connectivity index (χ0) is 28.8. The van der Waals surface area contributed by atoms with Crippen LogP contribution in [0.3, 0.4) is 0 Å². The van der Waals surface area contributed by atoms with Gasteiger partial charge in [-0.2, -0.15) is 0 Å². The maximum atomic E-state index is 13.8. The number of hydrogen-bond acceptors (Lipinski definition) is 8. The van der Waals surface area contributed by atoms with E-state index in [0.717, 1.165) is 69.8 Å². The summed E-state index contributed by atoms with van der Waals surface area (Å²) >= 11 is 0. The number of carbonyl (C=O) groups excluding carboxylic acids is 2. The number of unbranched alkanes of at least 4 members (excludes halogenated alkanes) is 2. The predicted octanol–water partition coefficient (Wildman–Crippen LogP) is 5.92. The number of ether oxygens (including phenoxy) is 3. The van der Waals surface area contributed by atoms with Crippen molar-refractivity contribution in [2.75, 3.05) is 39.5 Å². The second kappa shape index (κ2) is 13.0. The number of benzene rings is 2. The maximum Gasteiger partial charge on any atom is 0.271 e. The van der Waals surface area contributed by atoms with Crippen molar-refractivity contribution in [3.8, 4) is 5.75 Å². The molecule has 2 aromatic rings. The normalized spacial score (nSPS) is 19.3. The van der Waals surface area contributed by atoms with Crippen LogP contribution in [0.4, 0.5) is 0 Å². The lowest BCUT2D eigenvalue weighted by Crippen LogP contribution is -2.38. The van der Waals surface area contributed by atoms with Gasteiger partial charge in [0.2, 0.25) is 5.90 Å². The standard InChI is InChI=1S/C33H40N2O6/c1-23-30(32(37)28-11-8-7-10-27(28)31(23)36)26(9-5-4-6-12-29-34-41-33(2,3)40-29)24-13-15-25(16-14-24)39-22-19-35-17-20-38-21-18-35/h7-8,10-11,13-16,26H,4-6,9,12,17-22H2,1-3H3. The monoisotopic (exact) mass is 560 g/mol. The topological polar surface area (TPSA) is 86.7 Å². The Morgan fingerprint density at radius 3 is 2.34 bits per heavy atom. The molecule has 0 spiro atoms. The molecule has 2 heterocycles. The lowest BCUT2D eigenvalue weighted by Gasteiger charge is -2.27. The first kappa shape index (κ1) is 29.0. The van der Waals surface area contributed by atoms with Crippen LogP contribution in [0.25, 0.3) is 0 Å². The maximum absolute atomic E-state index is 13.8. The lowest BCUT2D eigenvalue weighted by molar-refractivity contribution is -0.129. The van der Waals surface area contributed by atoms with Gasteiger partial charge >= 0.3 is 0 Å². The Labute approximate surface area is 242 Å². The number of oxime groups is 1. The molecule has 1 unspecified atom stereocenters. The number of ketones is 2. The van der Waals surface area contributed by atoms with Crippen molar-refractivity contribution in [2.24, 2.45) is 5.16 Å². The van der Waals surface area contributed by atoms with E-state index in [1.807, 2.05) is 50.2 Å². The highest BCUT2D eigenvalue weighted by atomic mass is 16.8. The van der Waals surface area contributed by atoms with Crippen LogP contribution in [0.1, 0.15) is 85.1 Å². The van der Waals surface area contributed by atoms with Gasteiger partial charge in [0.25, 0.3) is 5.79 Å². The van der Waals surface area contributed by atoms with E-state index in [-0.39, 0.29) is 17.5 Å². The zero-order valence-corrected chi connectivity index (χ0v) is 24.3. The molecule has 218 valence electrons. The number of nitrogens with zero attached hydrogens (tertiary/aromatic N) is 2. The van der Waals surface area contributed by atoms with Crippen molar-refractivity contribution >= 4 is 17.5 Å². The van der Waals surface area contributed by atoms with Crippen LogP contribution in [0.15, 0.2) is 64.8 Å².